The average Bonchev–Trinajstić information content (AvgIpc) is 2.19. The number of nitrogens with two attached hydrogens (primary N) is 1. The Morgan fingerprint density at radius 3 is 2.57 bits per heavy atom. The zero-order chi connectivity index (χ0) is 10.6. The lowest BCUT2D eigenvalue weighted by molar-refractivity contribution is 0.292. The molecule has 0 aliphatic heterocycles. The summed E-state index contributed by atoms with van der Waals surface area (Å²) in [6, 6.07) is 9.04. The quantitative estimate of drug-likeness (QED) is 0.792. The fourth-order valence-electron chi connectivity index (χ4n) is 1.83. The number of hydrogen-bond donors (Lipinski definition) is 1. The molecule has 78 valence electrons. The second-order valence-electron chi connectivity index (χ2n) is 3.84. The highest BCUT2D eigenvalue weighted by molar-refractivity contribution is 5.25. The summed E-state index contributed by atoms with van der Waals surface area (Å²) in [5, 5.41) is 0. The van der Waals surface area contributed by atoms with E-state index in [-0.39, 0.29) is 0 Å². The molecule has 0 aliphatic carbocycles. The van der Waals surface area contributed by atoms with E-state index in [0.29, 0.717) is 12.6 Å². The van der Waals surface area contributed by atoms with E-state index in [1.807, 2.05) is 0 Å². The van der Waals surface area contributed by atoms with E-state index in [1.54, 1.807) is 0 Å². The van der Waals surface area contributed by atoms with Crippen LogP contribution in [-0.2, 0) is 6.54 Å². The average molecular weight is 192 g/mol. The van der Waals surface area contributed by atoms with Crippen molar-refractivity contribution < 1.29 is 0 Å². The Morgan fingerprint density at radius 1 is 1.36 bits per heavy atom. The molecule has 1 aromatic carbocycles. The van der Waals surface area contributed by atoms with Gasteiger partial charge < -0.3 is 10.6 Å². The third kappa shape index (κ3) is 2.56. The van der Waals surface area contributed by atoms with Crippen LogP contribution < -0.4 is 5.73 Å². The van der Waals surface area contributed by atoms with Crippen LogP contribution in [0.2, 0.25) is 0 Å². The third-order valence-electron chi connectivity index (χ3n) is 2.58. The fourth-order valence-corrected chi connectivity index (χ4v) is 1.83. The molecule has 1 atom stereocenters. The van der Waals surface area contributed by atoms with Gasteiger partial charge in [-0.2, -0.15) is 0 Å². The molecule has 2 nitrogen and oxygen atoms in total. The molecule has 14 heavy (non-hydrogen) atoms. The molecular weight excluding hydrogens is 172 g/mol. The van der Waals surface area contributed by atoms with Crippen molar-refractivity contribution in [2.75, 3.05) is 14.1 Å². The molecule has 2 N–H and O–H groups in total. The van der Waals surface area contributed by atoms with Crippen molar-refractivity contribution in [3.63, 3.8) is 0 Å². The first-order valence-corrected chi connectivity index (χ1v) is 5.14. The molecule has 1 rings (SSSR count). The molecule has 1 aromatic rings. The smallest absolute Gasteiger partial charge is 0.0339 e. The summed E-state index contributed by atoms with van der Waals surface area (Å²) in [6.45, 7) is 2.83. The largest absolute Gasteiger partial charge is 0.326 e. The highest BCUT2D eigenvalue weighted by atomic mass is 15.1. The van der Waals surface area contributed by atoms with Gasteiger partial charge in [-0.1, -0.05) is 31.2 Å². The Labute approximate surface area is 86.7 Å². The normalized spacial score (nSPS) is 13.2. The maximum atomic E-state index is 5.62. The summed E-state index contributed by atoms with van der Waals surface area (Å²) >= 11 is 0. The Bertz CT molecular complexity index is 281. The zero-order valence-electron chi connectivity index (χ0n) is 9.33. The van der Waals surface area contributed by atoms with Crippen LogP contribution in [0.15, 0.2) is 24.3 Å². The van der Waals surface area contributed by atoms with E-state index in [4.69, 9.17) is 5.73 Å². The standard InChI is InChI=1S/C12H20N2/c1-4-12(14(2)3)11-7-5-6-10(8-11)9-13/h5-8,12H,4,9,13H2,1-3H3. The van der Waals surface area contributed by atoms with Crippen LogP contribution in [0.1, 0.15) is 30.5 Å². The van der Waals surface area contributed by atoms with E-state index in [9.17, 15) is 0 Å². The van der Waals surface area contributed by atoms with Crippen molar-refractivity contribution in [3.8, 4) is 0 Å². The first kappa shape index (κ1) is 11.2. The summed E-state index contributed by atoms with van der Waals surface area (Å²) < 4.78 is 0. The third-order valence-corrected chi connectivity index (χ3v) is 2.58. The van der Waals surface area contributed by atoms with E-state index in [2.05, 4.69) is 50.2 Å². The minimum absolute atomic E-state index is 0.501. The van der Waals surface area contributed by atoms with Crippen molar-refractivity contribution in [1.82, 2.24) is 4.90 Å². The molecule has 0 aromatic heterocycles. The number of hydrogen-bond acceptors (Lipinski definition) is 2. The highest BCUT2D eigenvalue weighted by Crippen LogP contribution is 2.22. The van der Waals surface area contributed by atoms with E-state index in [1.165, 1.54) is 11.1 Å². The van der Waals surface area contributed by atoms with Crippen molar-refractivity contribution in [2.24, 2.45) is 5.73 Å². The maximum Gasteiger partial charge on any atom is 0.0339 e. The zero-order valence-corrected chi connectivity index (χ0v) is 9.33. The minimum Gasteiger partial charge on any atom is -0.326 e. The first-order valence-electron chi connectivity index (χ1n) is 5.14. The van der Waals surface area contributed by atoms with Gasteiger partial charge in [-0.15, -0.1) is 0 Å². The van der Waals surface area contributed by atoms with Gasteiger partial charge in [0.15, 0.2) is 0 Å². The maximum absolute atomic E-state index is 5.62. The Hall–Kier alpha value is -0.860. The number of benzene rings is 1. The molecule has 0 fully saturated rings. The molecule has 0 bridgehead atoms. The van der Waals surface area contributed by atoms with Gasteiger partial charge in [-0.3, -0.25) is 0 Å². The lowest BCUT2D eigenvalue weighted by atomic mass is 10.0. The van der Waals surface area contributed by atoms with Gasteiger partial charge in [0, 0.05) is 12.6 Å². The van der Waals surface area contributed by atoms with Gasteiger partial charge in [-0.05, 0) is 31.6 Å². The summed E-state index contributed by atoms with van der Waals surface area (Å²) in [4.78, 5) is 2.25. The van der Waals surface area contributed by atoms with Gasteiger partial charge in [0.05, 0.1) is 0 Å². The predicted octanol–water partition coefficient (Wildman–Crippen LogP) is 2.16. The fraction of sp³-hybridized carbons (Fsp3) is 0.500. The Kier molecular flexibility index (Phi) is 4.11. The summed E-state index contributed by atoms with van der Waals surface area (Å²) in [7, 11) is 4.23. The minimum atomic E-state index is 0.501. The lowest BCUT2D eigenvalue weighted by Crippen LogP contribution is -2.19. The molecule has 0 amide bonds. The molecule has 1 unspecified atom stereocenters. The van der Waals surface area contributed by atoms with Gasteiger partial charge >= 0.3 is 0 Å². The Morgan fingerprint density at radius 2 is 2.07 bits per heavy atom. The van der Waals surface area contributed by atoms with Gasteiger partial charge in [-0.25, -0.2) is 0 Å². The topological polar surface area (TPSA) is 29.3 Å². The summed E-state index contributed by atoms with van der Waals surface area (Å²) in [5.41, 5.74) is 8.20. The second kappa shape index (κ2) is 5.13. The van der Waals surface area contributed by atoms with Crippen molar-refractivity contribution >= 4 is 0 Å². The molecule has 0 radical (unpaired) electrons. The van der Waals surface area contributed by atoms with Gasteiger partial charge in [0.1, 0.15) is 0 Å². The SMILES string of the molecule is CCC(c1cccc(CN)c1)N(C)C. The van der Waals surface area contributed by atoms with Crippen LogP contribution in [0.5, 0.6) is 0 Å². The number of nitrogens with zero attached hydrogens (tertiary/aromatic N) is 1. The summed E-state index contributed by atoms with van der Waals surface area (Å²) in [6.07, 6.45) is 1.13. The van der Waals surface area contributed by atoms with Crippen molar-refractivity contribution in [3.05, 3.63) is 35.4 Å². The molecule has 2 heteroatoms. The molecule has 0 aliphatic rings. The van der Waals surface area contributed by atoms with Crippen LogP contribution in [0.4, 0.5) is 0 Å². The van der Waals surface area contributed by atoms with Gasteiger partial charge in [0.2, 0.25) is 0 Å². The molecule has 0 spiro atoms. The van der Waals surface area contributed by atoms with E-state index in [0.717, 1.165) is 6.42 Å². The first-order chi connectivity index (χ1) is 6.69. The van der Waals surface area contributed by atoms with Crippen LogP contribution in [0, 0.1) is 0 Å². The molecule has 0 saturated heterocycles. The summed E-state index contributed by atoms with van der Waals surface area (Å²) in [5.74, 6) is 0. The van der Waals surface area contributed by atoms with Crippen LogP contribution in [0.3, 0.4) is 0 Å². The molecule has 0 saturated carbocycles. The molecule has 0 heterocycles. The molecular formula is C12H20N2. The van der Waals surface area contributed by atoms with Crippen molar-refractivity contribution in [1.29, 1.82) is 0 Å². The van der Waals surface area contributed by atoms with Gasteiger partial charge in [0.25, 0.3) is 0 Å². The predicted molar refractivity (Wildman–Crippen MR) is 61.1 cm³/mol. The van der Waals surface area contributed by atoms with Crippen LogP contribution in [0.25, 0.3) is 0 Å². The van der Waals surface area contributed by atoms with Crippen LogP contribution in [-0.4, -0.2) is 19.0 Å². The van der Waals surface area contributed by atoms with E-state index < -0.39 is 0 Å². The Balaban J connectivity index is 2.92. The monoisotopic (exact) mass is 192 g/mol. The highest BCUT2D eigenvalue weighted by Gasteiger charge is 2.11. The number of rotatable bonds is 4. The lowest BCUT2D eigenvalue weighted by Gasteiger charge is -2.23. The van der Waals surface area contributed by atoms with E-state index >= 15 is 0 Å². The van der Waals surface area contributed by atoms with Crippen molar-refractivity contribution in [2.45, 2.75) is 25.9 Å². The second-order valence-corrected chi connectivity index (χ2v) is 3.84. The van der Waals surface area contributed by atoms with Crippen LogP contribution >= 0.6 is 0 Å².